The minimum absolute atomic E-state index is 0.349. The Morgan fingerprint density at radius 2 is 2.00 bits per heavy atom. The smallest absolute Gasteiger partial charge is 0.335 e. The van der Waals surface area contributed by atoms with Gasteiger partial charge in [0.2, 0.25) is 0 Å². The first-order valence-corrected chi connectivity index (χ1v) is 9.33. The fourth-order valence-corrected chi connectivity index (χ4v) is 3.81. The zero-order valence-corrected chi connectivity index (χ0v) is 15.3. The lowest BCUT2D eigenvalue weighted by Gasteiger charge is -2.30. The summed E-state index contributed by atoms with van der Waals surface area (Å²) in [6.07, 6.45) is 6.14. The third kappa shape index (κ3) is 4.90. The molecule has 1 N–H and O–H groups in total. The highest BCUT2D eigenvalue weighted by atomic mass is 16.4. The molecule has 5 nitrogen and oxygen atoms in total. The Morgan fingerprint density at radius 1 is 1.23 bits per heavy atom. The second kappa shape index (κ2) is 8.92. The van der Waals surface area contributed by atoms with Crippen LogP contribution in [0.2, 0.25) is 0 Å². The summed E-state index contributed by atoms with van der Waals surface area (Å²) in [7, 11) is 0. The summed E-state index contributed by atoms with van der Waals surface area (Å²) in [6, 6.07) is 11.9. The van der Waals surface area contributed by atoms with Crippen molar-refractivity contribution in [3.8, 4) is 0 Å². The topological polar surface area (TPSA) is 56.7 Å². The van der Waals surface area contributed by atoms with E-state index in [4.69, 9.17) is 0 Å². The zero-order chi connectivity index (χ0) is 18.4. The Morgan fingerprint density at radius 3 is 2.73 bits per heavy atom. The minimum atomic E-state index is -0.875. The maximum Gasteiger partial charge on any atom is 0.335 e. The molecule has 2 aromatic rings. The summed E-state index contributed by atoms with van der Waals surface area (Å²) >= 11 is 0. The van der Waals surface area contributed by atoms with Crippen LogP contribution in [0.15, 0.2) is 48.8 Å². The minimum Gasteiger partial charge on any atom is -0.478 e. The first-order chi connectivity index (χ1) is 12.7. The van der Waals surface area contributed by atoms with Crippen molar-refractivity contribution in [2.45, 2.75) is 38.9 Å². The molecule has 1 aliphatic heterocycles. The van der Waals surface area contributed by atoms with E-state index in [1.165, 1.54) is 24.9 Å². The van der Waals surface area contributed by atoms with Gasteiger partial charge >= 0.3 is 5.97 Å². The van der Waals surface area contributed by atoms with Crippen LogP contribution < -0.4 is 0 Å². The number of rotatable bonds is 8. The zero-order valence-electron chi connectivity index (χ0n) is 15.3. The average Bonchev–Trinajstić information content (AvgIpc) is 3.10. The molecule has 1 saturated heterocycles. The second-order valence-electron chi connectivity index (χ2n) is 6.96. The quantitative estimate of drug-likeness (QED) is 0.789. The number of nitrogens with zero attached hydrogens (tertiary/aromatic N) is 3. The van der Waals surface area contributed by atoms with E-state index in [0.717, 1.165) is 31.7 Å². The molecule has 1 aromatic heterocycles. The SMILES string of the molecule is CCN1CCCC1CN(Cc1ccncc1)Cc1cccc(C(=O)O)c1. The van der Waals surface area contributed by atoms with Crippen LogP contribution >= 0.6 is 0 Å². The van der Waals surface area contributed by atoms with Crippen LogP contribution in [-0.4, -0.2) is 51.5 Å². The highest BCUT2D eigenvalue weighted by molar-refractivity contribution is 5.87. The molecule has 0 radical (unpaired) electrons. The van der Waals surface area contributed by atoms with Gasteiger partial charge in [0, 0.05) is 38.1 Å². The Labute approximate surface area is 155 Å². The van der Waals surface area contributed by atoms with E-state index in [9.17, 15) is 9.90 Å². The number of pyridine rings is 1. The van der Waals surface area contributed by atoms with E-state index < -0.39 is 5.97 Å². The molecular formula is C21H27N3O2. The van der Waals surface area contributed by atoms with Gasteiger partial charge in [-0.3, -0.25) is 14.8 Å². The third-order valence-electron chi connectivity index (χ3n) is 5.11. The van der Waals surface area contributed by atoms with Gasteiger partial charge in [0.25, 0.3) is 0 Å². The van der Waals surface area contributed by atoms with Crippen molar-refractivity contribution in [2.24, 2.45) is 0 Å². The van der Waals surface area contributed by atoms with Crippen molar-refractivity contribution < 1.29 is 9.90 Å². The second-order valence-corrected chi connectivity index (χ2v) is 6.96. The maximum absolute atomic E-state index is 11.3. The van der Waals surface area contributed by atoms with E-state index >= 15 is 0 Å². The molecule has 1 atom stereocenters. The van der Waals surface area contributed by atoms with Crippen molar-refractivity contribution in [1.29, 1.82) is 0 Å². The van der Waals surface area contributed by atoms with Gasteiger partial charge in [-0.15, -0.1) is 0 Å². The summed E-state index contributed by atoms with van der Waals surface area (Å²) in [5, 5.41) is 9.25. The molecule has 0 saturated carbocycles. The number of hydrogen-bond acceptors (Lipinski definition) is 4. The Hall–Kier alpha value is -2.24. The van der Waals surface area contributed by atoms with E-state index in [1.54, 1.807) is 12.1 Å². The Balaban J connectivity index is 1.75. The lowest BCUT2D eigenvalue weighted by atomic mass is 10.1. The fraction of sp³-hybridized carbons (Fsp3) is 0.429. The molecule has 0 amide bonds. The number of likely N-dealkylation sites (tertiary alicyclic amines) is 1. The highest BCUT2D eigenvalue weighted by Gasteiger charge is 2.25. The van der Waals surface area contributed by atoms with Crippen LogP contribution in [0.4, 0.5) is 0 Å². The lowest BCUT2D eigenvalue weighted by molar-refractivity contribution is 0.0696. The Bertz CT molecular complexity index is 720. The number of carboxylic acid groups (broad SMARTS) is 1. The van der Waals surface area contributed by atoms with Gasteiger partial charge in [-0.2, -0.15) is 0 Å². The van der Waals surface area contributed by atoms with Crippen molar-refractivity contribution in [2.75, 3.05) is 19.6 Å². The van der Waals surface area contributed by atoms with Gasteiger partial charge in [0.1, 0.15) is 0 Å². The number of carboxylic acids is 1. The number of hydrogen-bond donors (Lipinski definition) is 1. The van der Waals surface area contributed by atoms with Gasteiger partial charge in [-0.25, -0.2) is 4.79 Å². The molecule has 1 fully saturated rings. The number of carbonyl (C=O) groups is 1. The summed E-state index contributed by atoms with van der Waals surface area (Å²) in [5.41, 5.74) is 2.62. The first kappa shape index (κ1) is 18.5. The van der Waals surface area contributed by atoms with Crippen LogP contribution in [0, 0.1) is 0 Å². The average molecular weight is 353 g/mol. The maximum atomic E-state index is 11.3. The van der Waals surface area contributed by atoms with Crippen molar-refractivity contribution in [3.05, 3.63) is 65.5 Å². The summed E-state index contributed by atoms with van der Waals surface area (Å²) in [6.45, 7) is 7.07. The summed E-state index contributed by atoms with van der Waals surface area (Å²) < 4.78 is 0. The number of aromatic carboxylic acids is 1. The largest absolute Gasteiger partial charge is 0.478 e. The molecule has 1 aliphatic rings. The van der Waals surface area contributed by atoms with E-state index in [2.05, 4.69) is 21.7 Å². The standard InChI is InChI=1S/C21H27N3O2/c1-2-24-12-4-7-20(24)16-23(14-17-8-10-22-11-9-17)15-18-5-3-6-19(13-18)21(25)26/h3,5-6,8-11,13,20H,2,4,7,12,14-16H2,1H3,(H,25,26). The number of likely N-dealkylation sites (N-methyl/N-ethyl adjacent to an activating group) is 1. The van der Waals surface area contributed by atoms with Crippen LogP contribution in [0.1, 0.15) is 41.3 Å². The molecule has 5 heteroatoms. The molecule has 3 rings (SSSR count). The van der Waals surface area contributed by atoms with Crippen LogP contribution in [0.25, 0.3) is 0 Å². The normalized spacial score (nSPS) is 17.7. The molecule has 138 valence electrons. The van der Waals surface area contributed by atoms with Crippen molar-refractivity contribution >= 4 is 5.97 Å². The van der Waals surface area contributed by atoms with E-state index in [0.29, 0.717) is 11.6 Å². The van der Waals surface area contributed by atoms with Gasteiger partial charge in [0.05, 0.1) is 5.56 Å². The molecular weight excluding hydrogens is 326 g/mol. The first-order valence-electron chi connectivity index (χ1n) is 9.33. The number of aromatic nitrogens is 1. The predicted octanol–water partition coefficient (Wildman–Crippen LogP) is 3.27. The molecule has 2 heterocycles. The van der Waals surface area contributed by atoms with Crippen molar-refractivity contribution in [1.82, 2.24) is 14.8 Å². The molecule has 0 spiro atoms. The molecule has 26 heavy (non-hydrogen) atoms. The lowest BCUT2D eigenvalue weighted by Crippen LogP contribution is -2.39. The van der Waals surface area contributed by atoms with Crippen LogP contribution in [-0.2, 0) is 13.1 Å². The monoisotopic (exact) mass is 353 g/mol. The molecule has 0 aliphatic carbocycles. The molecule has 1 aromatic carbocycles. The fourth-order valence-electron chi connectivity index (χ4n) is 3.81. The Kier molecular flexibility index (Phi) is 6.36. The highest BCUT2D eigenvalue weighted by Crippen LogP contribution is 2.20. The van der Waals surface area contributed by atoms with Crippen LogP contribution in [0.3, 0.4) is 0 Å². The van der Waals surface area contributed by atoms with Gasteiger partial charge in [0.15, 0.2) is 0 Å². The van der Waals surface area contributed by atoms with Gasteiger partial charge in [-0.05, 0) is 61.3 Å². The predicted molar refractivity (Wildman–Crippen MR) is 102 cm³/mol. The molecule has 1 unspecified atom stereocenters. The van der Waals surface area contributed by atoms with Gasteiger partial charge in [-0.1, -0.05) is 19.1 Å². The third-order valence-corrected chi connectivity index (χ3v) is 5.11. The van der Waals surface area contributed by atoms with Gasteiger partial charge < -0.3 is 5.11 Å². The summed E-state index contributed by atoms with van der Waals surface area (Å²) in [5.74, 6) is -0.875. The van der Waals surface area contributed by atoms with E-state index in [-0.39, 0.29) is 0 Å². The van der Waals surface area contributed by atoms with E-state index in [1.807, 2.05) is 36.7 Å². The van der Waals surface area contributed by atoms with Crippen LogP contribution in [0.5, 0.6) is 0 Å². The van der Waals surface area contributed by atoms with Crippen molar-refractivity contribution in [3.63, 3.8) is 0 Å². The molecule has 0 bridgehead atoms. The number of benzene rings is 1. The summed E-state index contributed by atoms with van der Waals surface area (Å²) in [4.78, 5) is 20.3.